The predicted octanol–water partition coefficient (Wildman–Crippen LogP) is 3.97. The highest BCUT2D eigenvalue weighted by Crippen LogP contribution is 2.25. The van der Waals surface area contributed by atoms with Gasteiger partial charge in [-0.05, 0) is 29.7 Å². The summed E-state index contributed by atoms with van der Waals surface area (Å²) in [5.74, 6) is -2.03. The molecule has 142 valence electrons. The van der Waals surface area contributed by atoms with E-state index >= 15 is 0 Å². The van der Waals surface area contributed by atoms with E-state index in [-0.39, 0.29) is 24.1 Å². The van der Waals surface area contributed by atoms with Gasteiger partial charge in [-0.2, -0.15) is 0 Å². The van der Waals surface area contributed by atoms with Crippen LogP contribution in [-0.4, -0.2) is 36.5 Å². The van der Waals surface area contributed by atoms with Gasteiger partial charge in [0, 0.05) is 30.5 Å². The van der Waals surface area contributed by atoms with Gasteiger partial charge in [-0.15, -0.1) is 0 Å². The van der Waals surface area contributed by atoms with Crippen LogP contribution < -0.4 is 10.2 Å². The molecule has 0 unspecified atom stereocenters. The van der Waals surface area contributed by atoms with E-state index < -0.39 is 17.7 Å². The van der Waals surface area contributed by atoms with Crippen molar-refractivity contribution < 1.29 is 18.4 Å². The summed E-state index contributed by atoms with van der Waals surface area (Å²) in [6.07, 6.45) is 0. The van der Waals surface area contributed by atoms with Gasteiger partial charge in [0.05, 0.1) is 0 Å². The Kier molecular flexibility index (Phi) is 5.39. The lowest BCUT2D eigenvalue weighted by Gasteiger charge is -2.19. The zero-order chi connectivity index (χ0) is 19.6. The van der Waals surface area contributed by atoms with E-state index in [1.807, 2.05) is 38.1 Å². The minimum Gasteiger partial charge on any atom is -0.324 e. The molecule has 0 spiro atoms. The average molecular weight is 373 g/mol. The van der Waals surface area contributed by atoms with Crippen LogP contribution in [0.1, 0.15) is 25.3 Å². The zero-order valence-corrected chi connectivity index (χ0v) is 15.2. The van der Waals surface area contributed by atoms with Crippen LogP contribution in [-0.2, 0) is 4.79 Å². The summed E-state index contributed by atoms with van der Waals surface area (Å²) in [4.78, 5) is 27.6. The minimum atomic E-state index is -1.01. The van der Waals surface area contributed by atoms with E-state index in [0.29, 0.717) is 13.1 Å². The molecule has 1 saturated heterocycles. The Labute approximate surface area is 156 Å². The van der Waals surface area contributed by atoms with Crippen molar-refractivity contribution in [2.75, 3.05) is 29.9 Å². The highest BCUT2D eigenvalue weighted by atomic mass is 19.2. The Bertz CT molecular complexity index is 870. The monoisotopic (exact) mass is 373 g/mol. The van der Waals surface area contributed by atoms with Crippen molar-refractivity contribution in [1.29, 1.82) is 0 Å². The second kappa shape index (κ2) is 7.73. The molecule has 1 heterocycles. The molecule has 27 heavy (non-hydrogen) atoms. The Morgan fingerprint density at radius 1 is 1.11 bits per heavy atom. The number of para-hydroxylation sites is 1. The van der Waals surface area contributed by atoms with Gasteiger partial charge in [0.1, 0.15) is 6.54 Å². The molecule has 0 aromatic heterocycles. The molecule has 1 fully saturated rings. The molecule has 3 rings (SSSR count). The van der Waals surface area contributed by atoms with E-state index in [2.05, 4.69) is 5.32 Å². The second-order valence-corrected chi connectivity index (χ2v) is 6.74. The lowest BCUT2D eigenvalue weighted by molar-refractivity contribution is -0.116. The lowest BCUT2D eigenvalue weighted by Crippen LogP contribution is -2.37. The third-order valence-electron chi connectivity index (χ3n) is 4.50. The summed E-state index contributed by atoms with van der Waals surface area (Å²) >= 11 is 0. The van der Waals surface area contributed by atoms with Crippen molar-refractivity contribution in [2.45, 2.75) is 19.8 Å². The van der Waals surface area contributed by atoms with E-state index in [4.69, 9.17) is 0 Å². The van der Waals surface area contributed by atoms with Crippen LogP contribution in [0, 0.1) is 11.6 Å². The van der Waals surface area contributed by atoms with Crippen molar-refractivity contribution in [3.8, 4) is 0 Å². The third-order valence-corrected chi connectivity index (χ3v) is 4.50. The summed E-state index contributed by atoms with van der Waals surface area (Å²) in [6, 6.07) is 10.4. The molecule has 7 heteroatoms. The summed E-state index contributed by atoms with van der Waals surface area (Å²) < 4.78 is 26.5. The highest BCUT2D eigenvalue weighted by molar-refractivity contribution is 5.99. The number of halogens is 2. The van der Waals surface area contributed by atoms with Crippen LogP contribution in [0.3, 0.4) is 0 Å². The number of amides is 3. The van der Waals surface area contributed by atoms with E-state index in [9.17, 15) is 18.4 Å². The van der Waals surface area contributed by atoms with E-state index in [1.54, 1.807) is 0 Å². The summed E-state index contributed by atoms with van der Waals surface area (Å²) in [5.41, 5.74) is 2.01. The standard InChI is InChI=1S/C20H21F2N3O2/c1-13(2)15-5-3-4-6-18(15)23-19(26)12-24-9-10-25(20(24)27)14-7-8-16(21)17(22)11-14/h3-8,11,13H,9-10,12H2,1-2H3,(H,23,26). The Balaban J connectivity index is 1.66. The van der Waals surface area contributed by atoms with Gasteiger partial charge >= 0.3 is 6.03 Å². The normalized spacial score (nSPS) is 14.2. The summed E-state index contributed by atoms with van der Waals surface area (Å²) in [6.45, 7) is 4.60. The van der Waals surface area contributed by atoms with Crippen LogP contribution in [0.5, 0.6) is 0 Å². The van der Waals surface area contributed by atoms with Crippen molar-refractivity contribution in [2.24, 2.45) is 0 Å². The van der Waals surface area contributed by atoms with Crippen molar-refractivity contribution in [3.63, 3.8) is 0 Å². The lowest BCUT2D eigenvalue weighted by atomic mass is 10.0. The maximum Gasteiger partial charge on any atom is 0.325 e. The number of carbonyl (C=O) groups excluding carboxylic acids is 2. The Morgan fingerprint density at radius 3 is 2.56 bits per heavy atom. The first-order valence-corrected chi connectivity index (χ1v) is 8.77. The quantitative estimate of drug-likeness (QED) is 0.862. The average Bonchev–Trinajstić information content (AvgIpc) is 2.98. The van der Waals surface area contributed by atoms with Crippen LogP contribution in [0.2, 0.25) is 0 Å². The third kappa shape index (κ3) is 4.07. The SMILES string of the molecule is CC(C)c1ccccc1NC(=O)CN1CCN(c2ccc(F)c(F)c2)C1=O. The van der Waals surface area contributed by atoms with Gasteiger partial charge in [0.15, 0.2) is 11.6 Å². The zero-order valence-electron chi connectivity index (χ0n) is 15.2. The molecular weight excluding hydrogens is 352 g/mol. The first-order chi connectivity index (χ1) is 12.9. The molecule has 3 amide bonds. The van der Waals surface area contributed by atoms with Crippen LogP contribution in [0.25, 0.3) is 0 Å². The fourth-order valence-corrected chi connectivity index (χ4v) is 3.10. The minimum absolute atomic E-state index is 0.106. The number of urea groups is 1. The van der Waals surface area contributed by atoms with Crippen LogP contribution in [0.15, 0.2) is 42.5 Å². The van der Waals surface area contributed by atoms with Crippen molar-refractivity contribution >= 4 is 23.3 Å². The maximum atomic E-state index is 13.4. The summed E-state index contributed by atoms with van der Waals surface area (Å²) in [7, 11) is 0. The van der Waals surface area contributed by atoms with Crippen LogP contribution in [0.4, 0.5) is 25.0 Å². The smallest absolute Gasteiger partial charge is 0.324 e. The predicted molar refractivity (Wildman–Crippen MR) is 99.8 cm³/mol. The van der Waals surface area contributed by atoms with Gasteiger partial charge in [-0.3, -0.25) is 9.69 Å². The van der Waals surface area contributed by atoms with Crippen LogP contribution >= 0.6 is 0 Å². The van der Waals surface area contributed by atoms with Gasteiger partial charge in [-0.1, -0.05) is 32.0 Å². The van der Waals surface area contributed by atoms with E-state index in [1.165, 1.54) is 15.9 Å². The molecule has 0 radical (unpaired) electrons. The molecule has 0 aliphatic carbocycles. The largest absolute Gasteiger partial charge is 0.325 e. The number of hydrogen-bond acceptors (Lipinski definition) is 2. The van der Waals surface area contributed by atoms with Crippen molar-refractivity contribution in [3.05, 3.63) is 59.7 Å². The first kappa shape index (κ1) is 18.8. The molecule has 2 aromatic carbocycles. The maximum absolute atomic E-state index is 13.4. The number of anilines is 2. The molecule has 0 saturated carbocycles. The second-order valence-electron chi connectivity index (χ2n) is 6.74. The topological polar surface area (TPSA) is 52.7 Å². The molecule has 1 N–H and O–H groups in total. The highest BCUT2D eigenvalue weighted by Gasteiger charge is 2.31. The summed E-state index contributed by atoms with van der Waals surface area (Å²) in [5, 5.41) is 2.85. The molecule has 0 bridgehead atoms. The molecule has 1 aliphatic rings. The Hall–Kier alpha value is -2.96. The van der Waals surface area contributed by atoms with Gasteiger partial charge in [0.25, 0.3) is 0 Å². The first-order valence-electron chi connectivity index (χ1n) is 8.77. The van der Waals surface area contributed by atoms with Gasteiger partial charge in [-0.25, -0.2) is 13.6 Å². The number of carbonyl (C=O) groups is 2. The molecule has 1 aliphatic heterocycles. The number of benzene rings is 2. The van der Waals surface area contributed by atoms with Gasteiger partial charge in [0.2, 0.25) is 5.91 Å². The molecular formula is C20H21F2N3O2. The fraction of sp³-hybridized carbons (Fsp3) is 0.300. The number of hydrogen-bond donors (Lipinski definition) is 1. The van der Waals surface area contributed by atoms with Crippen molar-refractivity contribution in [1.82, 2.24) is 4.90 Å². The fourth-order valence-electron chi connectivity index (χ4n) is 3.10. The number of nitrogens with zero attached hydrogens (tertiary/aromatic N) is 2. The molecule has 0 atom stereocenters. The van der Waals surface area contributed by atoms with Gasteiger partial charge < -0.3 is 10.2 Å². The number of nitrogens with one attached hydrogen (secondary N) is 1. The molecule has 5 nitrogen and oxygen atoms in total. The number of rotatable bonds is 5. The Morgan fingerprint density at radius 2 is 1.85 bits per heavy atom. The van der Waals surface area contributed by atoms with E-state index in [0.717, 1.165) is 23.4 Å². The molecule has 2 aromatic rings.